The third-order valence-electron chi connectivity index (χ3n) is 1.18. The Morgan fingerprint density at radius 1 is 1.23 bits per heavy atom. The zero-order valence-corrected chi connectivity index (χ0v) is 7.62. The Kier molecular flexibility index (Phi) is 8.44. The van der Waals surface area contributed by atoms with Crippen molar-refractivity contribution in [3.8, 4) is 0 Å². The van der Waals surface area contributed by atoms with Crippen molar-refractivity contribution in [3.63, 3.8) is 0 Å². The third kappa shape index (κ3) is 7.31. The van der Waals surface area contributed by atoms with Crippen LogP contribution in [-0.4, -0.2) is 18.7 Å². The molecular formula is C9H18O4. The van der Waals surface area contributed by atoms with Crippen LogP contribution in [0.3, 0.4) is 0 Å². The molecule has 0 amide bonds. The van der Waals surface area contributed by atoms with Gasteiger partial charge in [0.25, 0.3) is 0 Å². The second-order valence-electron chi connectivity index (χ2n) is 2.61. The first-order valence-electron chi connectivity index (χ1n) is 3.90. The molecule has 78 valence electrons. The first-order chi connectivity index (χ1) is 5.57. The van der Waals surface area contributed by atoms with Crippen LogP contribution in [0.4, 0.5) is 0 Å². The molecule has 0 aliphatic carbocycles. The first kappa shape index (κ1) is 14.5. The van der Waals surface area contributed by atoms with Crippen LogP contribution in [0.1, 0.15) is 34.6 Å². The van der Waals surface area contributed by atoms with Gasteiger partial charge in [0, 0.05) is 6.42 Å². The van der Waals surface area contributed by atoms with Gasteiger partial charge in [0.1, 0.15) is 0 Å². The highest BCUT2D eigenvalue weighted by Gasteiger charge is 2.08. The SMILES string of the molecule is C.CCC(=O)OCOC(=O)C(C)C. The molecule has 0 atom stereocenters. The summed E-state index contributed by atoms with van der Waals surface area (Å²) in [7, 11) is 0. The lowest BCUT2D eigenvalue weighted by atomic mass is 10.2. The van der Waals surface area contributed by atoms with Crippen LogP contribution in [0.15, 0.2) is 0 Å². The molecule has 0 N–H and O–H groups in total. The van der Waals surface area contributed by atoms with E-state index < -0.39 is 0 Å². The summed E-state index contributed by atoms with van der Waals surface area (Å²) in [5.41, 5.74) is 0. The summed E-state index contributed by atoms with van der Waals surface area (Å²) in [5.74, 6) is -0.921. The molecule has 0 aliphatic rings. The molecule has 0 spiro atoms. The van der Waals surface area contributed by atoms with Crippen molar-refractivity contribution in [2.24, 2.45) is 5.92 Å². The normalized spacial score (nSPS) is 8.92. The molecule has 0 heterocycles. The predicted octanol–water partition coefficient (Wildman–Crippen LogP) is 1.73. The molecule has 0 bridgehead atoms. The Hall–Kier alpha value is -1.06. The van der Waals surface area contributed by atoms with Crippen LogP contribution >= 0.6 is 0 Å². The Balaban J connectivity index is 0. The van der Waals surface area contributed by atoms with Gasteiger partial charge in [0.2, 0.25) is 6.79 Å². The van der Waals surface area contributed by atoms with Gasteiger partial charge < -0.3 is 9.47 Å². The number of hydrogen-bond acceptors (Lipinski definition) is 4. The summed E-state index contributed by atoms with van der Waals surface area (Å²) in [6, 6.07) is 0. The average molecular weight is 190 g/mol. The van der Waals surface area contributed by atoms with E-state index in [-0.39, 0.29) is 32.1 Å². The zero-order valence-electron chi connectivity index (χ0n) is 7.62. The minimum atomic E-state index is -0.369. The third-order valence-corrected chi connectivity index (χ3v) is 1.18. The summed E-state index contributed by atoms with van der Waals surface area (Å²) in [5, 5.41) is 0. The van der Waals surface area contributed by atoms with E-state index in [1.54, 1.807) is 20.8 Å². The molecule has 0 rings (SSSR count). The van der Waals surface area contributed by atoms with Gasteiger partial charge in [-0.15, -0.1) is 0 Å². The monoisotopic (exact) mass is 190 g/mol. The lowest BCUT2D eigenvalue weighted by Crippen LogP contribution is -2.15. The smallest absolute Gasteiger partial charge is 0.311 e. The summed E-state index contributed by atoms with van der Waals surface area (Å²) in [6.07, 6.45) is 0.291. The molecule has 0 saturated heterocycles. The topological polar surface area (TPSA) is 52.6 Å². The molecule has 4 nitrogen and oxygen atoms in total. The van der Waals surface area contributed by atoms with Crippen molar-refractivity contribution in [1.29, 1.82) is 0 Å². The molecule has 0 aromatic heterocycles. The minimum Gasteiger partial charge on any atom is -0.428 e. The van der Waals surface area contributed by atoms with Crippen molar-refractivity contribution >= 4 is 11.9 Å². The molecule has 0 aromatic rings. The van der Waals surface area contributed by atoms with Crippen molar-refractivity contribution in [1.82, 2.24) is 0 Å². The Bertz CT molecular complexity index is 163. The van der Waals surface area contributed by atoms with E-state index in [1.165, 1.54) is 0 Å². The Labute approximate surface area is 79.2 Å². The highest BCUT2D eigenvalue weighted by molar-refractivity contribution is 5.72. The highest BCUT2D eigenvalue weighted by atomic mass is 16.7. The fraction of sp³-hybridized carbons (Fsp3) is 0.778. The lowest BCUT2D eigenvalue weighted by Gasteiger charge is -2.06. The van der Waals surface area contributed by atoms with Gasteiger partial charge in [-0.1, -0.05) is 28.2 Å². The van der Waals surface area contributed by atoms with E-state index >= 15 is 0 Å². The number of carbonyl (C=O) groups excluding carboxylic acids is 2. The summed E-state index contributed by atoms with van der Waals surface area (Å²) < 4.78 is 9.12. The zero-order chi connectivity index (χ0) is 9.56. The number of carbonyl (C=O) groups is 2. The van der Waals surface area contributed by atoms with Crippen molar-refractivity contribution < 1.29 is 19.1 Å². The number of rotatable bonds is 4. The van der Waals surface area contributed by atoms with E-state index in [2.05, 4.69) is 9.47 Å². The molecule has 0 aromatic carbocycles. The highest BCUT2D eigenvalue weighted by Crippen LogP contribution is 1.96. The largest absolute Gasteiger partial charge is 0.428 e. The Morgan fingerprint density at radius 3 is 2.15 bits per heavy atom. The predicted molar refractivity (Wildman–Crippen MR) is 48.9 cm³/mol. The Morgan fingerprint density at radius 2 is 1.77 bits per heavy atom. The van der Waals surface area contributed by atoms with Crippen LogP contribution in [0.5, 0.6) is 0 Å². The minimum absolute atomic E-state index is 0. The van der Waals surface area contributed by atoms with Gasteiger partial charge in [-0.25, -0.2) is 0 Å². The molecule has 0 unspecified atom stereocenters. The van der Waals surface area contributed by atoms with Crippen LogP contribution < -0.4 is 0 Å². The fourth-order valence-corrected chi connectivity index (χ4v) is 0.422. The average Bonchev–Trinajstić information content (AvgIpc) is 2.03. The fourth-order valence-electron chi connectivity index (χ4n) is 0.422. The molecular weight excluding hydrogens is 172 g/mol. The van der Waals surface area contributed by atoms with Crippen LogP contribution in [-0.2, 0) is 19.1 Å². The van der Waals surface area contributed by atoms with E-state index in [4.69, 9.17) is 0 Å². The van der Waals surface area contributed by atoms with Gasteiger partial charge in [-0.2, -0.15) is 0 Å². The number of hydrogen-bond donors (Lipinski definition) is 0. The van der Waals surface area contributed by atoms with Gasteiger partial charge in [0.15, 0.2) is 0 Å². The maximum atomic E-state index is 10.8. The quantitative estimate of drug-likeness (QED) is 0.500. The maximum Gasteiger partial charge on any atom is 0.311 e. The summed E-state index contributed by atoms with van der Waals surface area (Å²) >= 11 is 0. The van der Waals surface area contributed by atoms with Gasteiger partial charge >= 0.3 is 11.9 Å². The van der Waals surface area contributed by atoms with E-state index in [9.17, 15) is 9.59 Å². The van der Waals surface area contributed by atoms with E-state index in [0.717, 1.165) is 0 Å². The molecule has 0 fully saturated rings. The van der Waals surface area contributed by atoms with Crippen LogP contribution in [0, 0.1) is 5.92 Å². The second-order valence-corrected chi connectivity index (χ2v) is 2.61. The molecule has 0 radical (unpaired) electrons. The number of esters is 2. The first-order valence-corrected chi connectivity index (χ1v) is 3.90. The number of ether oxygens (including phenoxy) is 2. The van der Waals surface area contributed by atoms with E-state index in [1.807, 2.05) is 0 Å². The maximum absolute atomic E-state index is 10.8. The van der Waals surface area contributed by atoms with Gasteiger partial charge in [0.05, 0.1) is 5.92 Å². The van der Waals surface area contributed by atoms with Crippen molar-refractivity contribution in [2.75, 3.05) is 6.79 Å². The second kappa shape index (κ2) is 7.58. The lowest BCUT2D eigenvalue weighted by molar-refractivity contribution is -0.169. The molecule has 0 saturated carbocycles. The van der Waals surface area contributed by atoms with E-state index in [0.29, 0.717) is 6.42 Å². The van der Waals surface area contributed by atoms with Gasteiger partial charge in [-0.3, -0.25) is 9.59 Å². The van der Waals surface area contributed by atoms with Crippen molar-refractivity contribution in [3.05, 3.63) is 0 Å². The molecule has 0 aliphatic heterocycles. The van der Waals surface area contributed by atoms with Crippen LogP contribution in [0.25, 0.3) is 0 Å². The molecule has 13 heavy (non-hydrogen) atoms. The van der Waals surface area contributed by atoms with Crippen molar-refractivity contribution in [2.45, 2.75) is 34.6 Å². The van der Waals surface area contributed by atoms with Gasteiger partial charge in [-0.05, 0) is 0 Å². The standard InChI is InChI=1S/C8H14O4.CH4/c1-4-7(9)11-5-12-8(10)6(2)3;/h6H,4-5H2,1-3H3;1H4. The summed E-state index contributed by atoms with van der Waals surface area (Å²) in [6.45, 7) is 4.82. The molecule has 4 heteroatoms. The van der Waals surface area contributed by atoms with Crippen LogP contribution in [0.2, 0.25) is 0 Å². The summed E-state index contributed by atoms with van der Waals surface area (Å²) in [4.78, 5) is 21.3.